The van der Waals surface area contributed by atoms with Crippen molar-refractivity contribution in [2.45, 2.75) is 32.5 Å². The molecule has 0 aromatic heterocycles. The molecule has 17 heavy (non-hydrogen) atoms. The van der Waals surface area contributed by atoms with E-state index >= 15 is 0 Å². The van der Waals surface area contributed by atoms with E-state index in [0.29, 0.717) is 32.8 Å². The van der Waals surface area contributed by atoms with Gasteiger partial charge in [0.05, 0.1) is 24.9 Å². The zero-order valence-electron chi connectivity index (χ0n) is 11.3. The molecule has 1 saturated heterocycles. The summed E-state index contributed by atoms with van der Waals surface area (Å²) in [6.45, 7) is 8.22. The molecule has 1 amide bonds. The fourth-order valence-electron chi connectivity index (χ4n) is 2.09. The summed E-state index contributed by atoms with van der Waals surface area (Å²) in [7, 11) is 1.85. The number of rotatable bonds is 4. The van der Waals surface area contributed by atoms with Crippen LogP contribution in [0.4, 0.5) is 0 Å². The van der Waals surface area contributed by atoms with E-state index in [2.05, 4.69) is 0 Å². The number of morpholine rings is 1. The van der Waals surface area contributed by atoms with Gasteiger partial charge in [-0.25, -0.2) is 0 Å². The quantitative estimate of drug-likeness (QED) is 0.752. The van der Waals surface area contributed by atoms with Crippen LogP contribution in [0.2, 0.25) is 0 Å². The number of aliphatic hydroxyl groups is 1. The normalized spacial score (nSPS) is 22.0. The first kappa shape index (κ1) is 14.4. The van der Waals surface area contributed by atoms with Crippen molar-refractivity contribution in [3.63, 3.8) is 0 Å². The third kappa shape index (κ3) is 5.48. The Labute approximate surface area is 103 Å². The van der Waals surface area contributed by atoms with Crippen LogP contribution >= 0.6 is 0 Å². The van der Waals surface area contributed by atoms with Crippen molar-refractivity contribution in [1.29, 1.82) is 0 Å². The van der Waals surface area contributed by atoms with Crippen LogP contribution in [-0.2, 0) is 9.53 Å². The van der Waals surface area contributed by atoms with Crippen LogP contribution < -0.4 is 0 Å². The summed E-state index contributed by atoms with van der Waals surface area (Å²) in [6.07, 6.45) is 0.118. The Balaban J connectivity index is 2.38. The van der Waals surface area contributed by atoms with E-state index in [4.69, 9.17) is 4.74 Å². The van der Waals surface area contributed by atoms with Gasteiger partial charge in [0.1, 0.15) is 0 Å². The lowest BCUT2D eigenvalue weighted by Crippen LogP contribution is -2.49. The van der Waals surface area contributed by atoms with Crippen LogP contribution in [0, 0.1) is 0 Å². The Hall–Kier alpha value is -0.650. The van der Waals surface area contributed by atoms with Gasteiger partial charge in [-0.15, -0.1) is 0 Å². The monoisotopic (exact) mass is 244 g/mol. The summed E-state index contributed by atoms with van der Waals surface area (Å²) in [5.74, 6) is 0.104. The molecule has 0 spiro atoms. The van der Waals surface area contributed by atoms with Crippen LogP contribution in [-0.4, -0.2) is 72.4 Å². The van der Waals surface area contributed by atoms with Gasteiger partial charge in [0.25, 0.3) is 0 Å². The highest BCUT2D eigenvalue weighted by Crippen LogP contribution is 2.07. The second kappa shape index (κ2) is 5.80. The van der Waals surface area contributed by atoms with E-state index in [-0.39, 0.29) is 12.0 Å². The molecule has 100 valence electrons. The highest BCUT2D eigenvalue weighted by Gasteiger charge is 2.23. The molecule has 0 saturated carbocycles. The average Bonchev–Trinajstić information content (AvgIpc) is 2.14. The standard InChI is InChI=1S/C12H24N2O3/c1-10-7-14(5-6-17-10)11(15)8-13(4)9-12(2,3)16/h10,16H,5-9H2,1-4H3. The second-order valence-electron chi connectivity index (χ2n) is 5.51. The summed E-state index contributed by atoms with van der Waals surface area (Å²) < 4.78 is 5.40. The predicted octanol–water partition coefficient (Wildman–Crippen LogP) is -0.0636. The fraction of sp³-hybridized carbons (Fsp3) is 0.917. The molecule has 1 aliphatic heterocycles. The molecular formula is C12H24N2O3. The van der Waals surface area contributed by atoms with Crippen LogP contribution in [0.15, 0.2) is 0 Å². The predicted molar refractivity (Wildman–Crippen MR) is 65.8 cm³/mol. The van der Waals surface area contributed by atoms with Crippen LogP contribution in [0.5, 0.6) is 0 Å². The highest BCUT2D eigenvalue weighted by atomic mass is 16.5. The molecule has 0 bridgehead atoms. The van der Waals surface area contributed by atoms with E-state index in [1.165, 1.54) is 0 Å². The number of hydrogen-bond donors (Lipinski definition) is 1. The van der Waals surface area contributed by atoms with Crippen molar-refractivity contribution in [2.75, 3.05) is 39.8 Å². The molecule has 0 aliphatic carbocycles. The van der Waals surface area contributed by atoms with Crippen LogP contribution in [0.3, 0.4) is 0 Å². The number of ether oxygens (including phenoxy) is 1. The molecule has 1 aliphatic rings. The summed E-state index contributed by atoms with van der Waals surface area (Å²) in [4.78, 5) is 15.7. The fourth-order valence-corrected chi connectivity index (χ4v) is 2.09. The lowest BCUT2D eigenvalue weighted by Gasteiger charge is -2.33. The number of carbonyl (C=O) groups is 1. The maximum atomic E-state index is 12.0. The first-order valence-corrected chi connectivity index (χ1v) is 6.08. The number of nitrogens with zero attached hydrogens (tertiary/aromatic N) is 2. The van der Waals surface area contributed by atoms with Gasteiger partial charge >= 0.3 is 0 Å². The first-order chi connectivity index (χ1) is 7.78. The van der Waals surface area contributed by atoms with Gasteiger partial charge in [-0.05, 0) is 27.8 Å². The minimum absolute atomic E-state index is 0.104. The average molecular weight is 244 g/mol. The van der Waals surface area contributed by atoms with E-state index < -0.39 is 5.60 Å². The lowest BCUT2D eigenvalue weighted by atomic mass is 10.1. The molecule has 1 heterocycles. The van der Waals surface area contributed by atoms with E-state index in [0.717, 1.165) is 0 Å². The smallest absolute Gasteiger partial charge is 0.236 e. The van der Waals surface area contributed by atoms with Gasteiger partial charge in [-0.3, -0.25) is 9.69 Å². The maximum absolute atomic E-state index is 12.0. The molecule has 0 aromatic carbocycles. The zero-order valence-corrected chi connectivity index (χ0v) is 11.3. The molecule has 0 radical (unpaired) electrons. The van der Waals surface area contributed by atoms with E-state index in [9.17, 15) is 9.90 Å². The Morgan fingerprint density at radius 3 is 2.76 bits per heavy atom. The number of hydrogen-bond acceptors (Lipinski definition) is 4. The summed E-state index contributed by atoms with van der Waals surface area (Å²) in [5.41, 5.74) is -0.771. The summed E-state index contributed by atoms with van der Waals surface area (Å²) >= 11 is 0. The molecule has 5 nitrogen and oxygen atoms in total. The van der Waals surface area contributed by atoms with Crippen molar-refractivity contribution in [2.24, 2.45) is 0 Å². The van der Waals surface area contributed by atoms with Gasteiger partial charge < -0.3 is 14.7 Å². The maximum Gasteiger partial charge on any atom is 0.236 e. The molecule has 1 rings (SSSR count). The van der Waals surface area contributed by atoms with Crippen molar-refractivity contribution in [3.8, 4) is 0 Å². The van der Waals surface area contributed by atoms with Gasteiger partial charge in [0.2, 0.25) is 5.91 Å². The minimum Gasteiger partial charge on any atom is -0.389 e. The van der Waals surface area contributed by atoms with Gasteiger partial charge in [0.15, 0.2) is 0 Å². The van der Waals surface area contributed by atoms with Gasteiger partial charge in [0, 0.05) is 19.6 Å². The van der Waals surface area contributed by atoms with Crippen molar-refractivity contribution >= 4 is 5.91 Å². The Morgan fingerprint density at radius 2 is 2.24 bits per heavy atom. The molecular weight excluding hydrogens is 220 g/mol. The minimum atomic E-state index is -0.771. The van der Waals surface area contributed by atoms with Crippen molar-refractivity contribution in [1.82, 2.24) is 9.80 Å². The topological polar surface area (TPSA) is 53.0 Å². The number of carbonyl (C=O) groups excluding carboxylic acids is 1. The van der Waals surface area contributed by atoms with Gasteiger partial charge in [-0.2, -0.15) is 0 Å². The Bertz CT molecular complexity index is 263. The number of amides is 1. The Kier molecular flexibility index (Phi) is 4.91. The first-order valence-electron chi connectivity index (χ1n) is 6.08. The van der Waals surface area contributed by atoms with Crippen LogP contribution in [0.1, 0.15) is 20.8 Å². The summed E-state index contributed by atoms with van der Waals surface area (Å²) in [5, 5.41) is 9.67. The third-order valence-electron chi connectivity index (χ3n) is 2.66. The SMILES string of the molecule is CC1CN(C(=O)CN(C)CC(C)(C)O)CCO1. The second-order valence-corrected chi connectivity index (χ2v) is 5.51. The van der Waals surface area contributed by atoms with Crippen molar-refractivity contribution < 1.29 is 14.6 Å². The zero-order chi connectivity index (χ0) is 13.1. The highest BCUT2D eigenvalue weighted by molar-refractivity contribution is 5.78. The lowest BCUT2D eigenvalue weighted by molar-refractivity contribution is -0.139. The van der Waals surface area contributed by atoms with Crippen molar-refractivity contribution in [3.05, 3.63) is 0 Å². The summed E-state index contributed by atoms with van der Waals surface area (Å²) in [6, 6.07) is 0. The molecule has 0 aromatic rings. The number of likely N-dealkylation sites (N-methyl/N-ethyl adjacent to an activating group) is 1. The molecule has 5 heteroatoms. The van der Waals surface area contributed by atoms with Gasteiger partial charge in [-0.1, -0.05) is 0 Å². The molecule has 1 N–H and O–H groups in total. The van der Waals surface area contributed by atoms with Crippen LogP contribution in [0.25, 0.3) is 0 Å². The van der Waals surface area contributed by atoms with E-state index in [1.54, 1.807) is 13.8 Å². The van der Waals surface area contributed by atoms with E-state index in [1.807, 2.05) is 23.8 Å². The third-order valence-corrected chi connectivity index (χ3v) is 2.66. The molecule has 1 unspecified atom stereocenters. The molecule has 1 atom stereocenters. The Morgan fingerprint density at radius 1 is 1.59 bits per heavy atom. The largest absolute Gasteiger partial charge is 0.389 e. The molecule has 1 fully saturated rings.